The molecule has 11 heteroatoms. The van der Waals surface area contributed by atoms with E-state index in [0.717, 1.165) is 11.8 Å². The van der Waals surface area contributed by atoms with Crippen LogP contribution in [-0.4, -0.2) is 26.1 Å². The summed E-state index contributed by atoms with van der Waals surface area (Å²) in [5.41, 5.74) is 1.01. The van der Waals surface area contributed by atoms with Crippen molar-refractivity contribution in [2.24, 2.45) is 0 Å². The molecule has 0 radical (unpaired) electrons. The van der Waals surface area contributed by atoms with E-state index in [1.807, 2.05) is 6.07 Å². The Bertz CT molecular complexity index is 1530. The maximum atomic E-state index is 13.2. The number of anilines is 1. The summed E-state index contributed by atoms with van der Waals surface area (Å²) in [6.07, 6.45) is 0. The number of aromatic nitrogens is 2. The summed E-state index contributed by atoms with van der Waals surface area (Å²) in [5, 5.41) is 23.4. The van der Waals surface area contributed by atoms with Crippen molar-refractivity contribution in [1.29, 1.82) is 5.26 Å². The van der Waals surface area contributed by atoms with Gasteiger partial charge in [0.25, 0.3) is 11.2 Å². The molecular weight excluding hydrogens is 478 g/mol. The Labute approximate surface area is 201 Å². The van der Waals surface area contributed by atoms with Gasteiger partial charge in [-0.2, -0.15) is 5.26 Å². The molecule has 0 fully saturated rings. The summed E-state index contributed by atoms with van der Waals surface area (Å²) in [4.78, 5) is 40.8. The predicted molar refractivity (Wildman–Crippen MR) is 130 cm³/mol. The number of halogens is 1. The zero-order chi connectivity index (χ0) is 24.2. The van der Waals surface area contributed by atoms with Gasteiger partial charge < -0.3 is 5.32 Å². The van der Waals surface area contributed by atoms with Crippen LogP contribution in [0.5, 0.6) is 0 Å². The smallest absolute Gasteiger partial charge is 0.289 e. The Morgan fingerprint density at radius 2 is 1.91 bits per heavy atom. The number of benzene rings is 3. The molecule has 0 aliphatic heterocycles. The van der Waals surface area contributed by atoms with E-state index in [2.05, 4.69) is 10.3 Å². The molecule has 0 unspecified atom stereocenters. The fraction of sp³-hybridized carbons (Fsp3) is 0.0435. The number of carbonyl (C=O) groups is 1. The minimum atomic E-state index is -0.637. The third kappa shape index (κ3) is 4.76. The normalized spacial score (nSPS) is 10.6. The number of nitriles is 1. The Kier molecular flexibility index (Phi) is 6.58. The lowest BCUT2D eigenvalue weighted by Gasteiger charge is -2.13. The average molecular weight is 492 g/mol. The summed E-state index contributed by atoms with van der Waals surface area (Å²) in [7, 11) is 0. The van der Waals surface area contributed by atoms with Crippen LogP contribution in [0.2, 0.25) is 5.02 Å². The molecule has 0 atom stereocenters. The highest BCUT2D eigenvalue weighted by molar-refractivity contribution is 7.99. The van der Waals surface area contributed by atoms with E-state index in [9.17, 15) is 19.7 Å². The van der Waals surface area contributed by atoms with Crippen LogP contribution in [0, 0.1) is 21.4 Å². The van der Waals surface area contributed by atoms with Gasteiger partial charge >= 0.3 is 0 Å². The van der Waals surface area contributed by atoms with Crippen molar-refractivity contribution in [2.75, 3.05) is 11.1 Å². The number of nitrogens with zero attached hydrogens (tertiary/aromatic N) is 4. The SMILES string of the molecule is N#Cc1ccc(-n2c(SCC(=O)Nc3ccc(Cl)c([N+](=O)[O-])c3)nc3ccccc3c2=O)cc1. The van der Waals surface area contributed by atoms with E-state index < -0.39 is 10.8 Å². The van der Waals surface area contributed by atoms with Crippen LogP contribution in [0.1, 0.15) is 5.56 Å². The van der Waals surface area contributed by atoms with Gasteiger partial charge in [-0.15, -0.1) is 0 Å². The zero-order valence-corrected chi connectivity index (χ0v) is 18.8. The fourth-order valence-electron chi connectivity index (χ4n) is 3.18. The fourth-order valence-corrected chi connectivity index (χ4v) is 4.18. The third-order valence-corrected chi connectivity index (χ3v) is 6.02. The molecule has 1 N–H and O–H groups in total. The van der Waals surface area contributed by atoms with E-state index in [1.54, 1.807) is 48.5 Å². The maximum Gasteiger partial charge on any atom is 0.289 e. The minimum Gasteiger partial charge on any atom is -0.325 e. The van der Waals surface area contributed by atoms with Crippen molar-refractivity contribution >= 4 is 51.5 Å². The molecule has 0 bridgehead atoms. The number of nitro benzene ring substituents is 1. The van der Waals surface area contributed by atoms with E-state index in [-0.39, 0.29) is 32.9 Å². The highest BCUT2D eigenvalue weighted by Crippen LogP contribution is 2.28. The molecule has 4 rings (SSSR count). The van der Waals surface area contributed by atoms with Crippen molar-refractivity contribution < 1.29 is 9.72 Å². The molecular formula is C23H14ClN5O4S. The van der Waals surface area contributed by atoms with Crippen LogP contribution in [0.3, 0.4) is 0 Å². The van der Waals surface area contributed by atoms with Crippen LogP contribution in [0.25, 0.3) is 16.6 Å². The Morgan fingerprint density at radius 3 is 2.62 bits per heavy atom. The predicted octanol–water partition coefficient (Wildman–Crippen LogP) is 4.55. The van der Waals surface area contributed by atoms with Gasteiger partial charge in [0.15, 0.2) is 5.16 Å². The maximum absolute atomic E-state index is 13.2. The summed E-state index contributed by atoms with van der Waals surface area (Å²) in [6, 6.07) is 19.3. The molecule has 0 saturated heterocycles. The Balaban J connectivity index is 1.64. The number of hydrogen-bond donors (Lipinski definition) is 1. The highest BCUT2D eigenvalue weighted by atomic mass is 35.5. The van der Waals surface area contributed by atoms with Gasteiger partial charge in [-0.25, -0.2) is 4.98 Å². The second kappa shape index (κ2) is 9.74. The van der Waals surface area contributed by atoms with Crippen LogP contribution < -0.4 is 10.9 Å². The number of rotatable bonds is 6. The number of nitrogens with one attached hydrogen (secondary N) is 1. The first-order valence-corrected chi connectivity index (χ1v) is 11.1. The highest BCUT2D eigenvalue weighted by Gasteiger charge is 2.17. The Morgan fingerprint density at radius 1 is 1.18 bits per heavy atom. The largest absolute Gasteiger partial charge is 0.325 e. The summed E-state index contributed by atoms with van der Waals surface area (Å²) in [6.45, 7) is 0. The molecule has 1 heterocycles. The molecule has 168 valence electrons. The van der Waals surface area contributed by atoms with Gasteiger partial charge in [0, 0.05) is 11.8 Å². The number of fused-ring (bicyclic) bond motifs is 1. The lowest BCUT2D eigenvalue weighted by Crippen LogP contribution is -2.23. The molecule has 3 aromatic carbocycles. The van der Waals surface area contributed by atoms with Crippen LogP contribution in [0.15, 0.2) is 76.7 Å². The van der Waals surface area contributed by atoms with Gasteiger partial charge in [0.1, 0.15) is 5.02 Å². The first-order chi connectivity index (χ1) is 16.4. The number of para-hydroxylation sites is 1. The van der Waals surface area contributed by atoms with Crippen LogP contribution >= 0.6 is 23.4 Å². The summed E-state index contributed by atoms with van der Waals surface area (Å²) in [5.74, 6) is -0.562. The van der Waals surface area contributed by atoms with Crippen molar-refractivity contribution in [3.8, 4) is 11.8 Å². The molecule has 9 nitrogen and oxygen atoms in total. The van der Waals surface area contributed by atoms with Gasteiger partial charge in [-0.05, 0) is 48.5 Å². The van der Waals surface area contributed by atoms with E-state index in [4.69, 9.17) is 16.9 Å². The molecule has 0 spiro atoms. The van der Waals surface area contributed by atoms with Crippen molar-refractivity contribution in [3.63, 3.8) is 0 Å². The number of carbonyl (C=O) groups excluding carboxylic acids is 1. The number of nitro groups is 1. The summed E-state index contributed by atoms with van der Waals surface area (Å²) >= 11 is 6.85. The van der Waals surface area contributed by atoms with Gasteiger partial charge in [0.05, 0.1) is 38.9 Å². The van der Waals surface area contributed by atoms with E-state index in [1.165, 1.54) is 22.8 Å². The monoisotopic (exact) mass is 491 g/mol. The minimum absolute atomic E-state index is 0.0378. The van der Waals surface area contributed by atoms with Crippen molar-refractivity contribution in [1.82, 2.24) is 9.55 Å². The quantitative estimate of drug-likeness (QED) is 0.181. The first kappa shape index (κ1) is 23.0. The summed E-state index contributed by atoms with van der Waals surface area (Å²) < 4.78 is 1.38. The van der Waals surface area contributed by atoms with Crippen molar-refractivity contribution in [3.05, 3.63) is 97.8 Å². The Hall–Kier alpha value is -4.20. The van der Waals surface area contributed by atoms with E-state index in [0.29, 0.717) is 22.2 Å². The second-order valence-electron chi connectivity index (χ2n) is 6.97. The molecule has 4 aromatic rings. The lowest BCUT2D eigenvalue weighted by molar-refractivity contribution is -0.384. The van der Waals surface area contributed by atoms with Gasteiger partial charge in [-0.1, -0.05) is 35.5 Å². The second-order valence-corrected chi connectivity index (χ2v) is 8.32. The third-order valence-electron chi connectivity index (χ3n) is 4.76. The molecule has 34 heavy (non-hydrogen) atoms. The first-order valence-electron chi connectivity index (χ1n) is 9.76. The molecule has 0 saturated carbocycles. The standard InChI is InChI=1S/C23H14ClN5O4S/c24-18-10-7-15(11-20(18)29(32)33)26-21(30)13-34-23-27-19-4-2-1-3-17(19)22(31)28(23)16-8-5-14(12-25)6-9-16/h1-11H,13H2,(H,26,30). The molecule has 1 aromatic heterocycles. The topological polar surface area (TPSA) is 131 Å². The van der Waals surface area contributed by atoms with Gasteiger partial charge in [0.2, 0.25) is 5.91 Å². The average Bonchev–Trinajstić information content (AvgIpc) is 2.84. The number of hydrogen-bond acceptors (Lipinski definition) is 7. The lowest BCUT2D eigenvalue weighted by atomic mass is 10.2. The molecule has 0 aliphatic rings. The molecule has 1 amide bonds. The van der Waals surface area contributed by atoms with Crippen molar-refractivity contribution in [2.45, 2.75) is 5.16 Å². The molecule has 0 aliphatic carbocycles. The van der Waals surface area contributed by atoms with Crippen LogP contribution in [0.4, 0.5) is 11.4 Å². The van der Waals surface area contributed by atoms with E-state index >= 15 is 0 Å². The number of amides is 1. The van der Waals surface area contributed by atoms with Crippen LogP contribution in [-0.2, 0) is 4.79 Å². The van der Waals surface area contributed by atoms with Gasteiger partial charge in [-0.3, -0.25) is 24.3 Å². The zero-order valence-electron chi connectivity index (χ0n) is 17.3. The number of thioether (sulfide) groups is 1.